The van der Waals surface area contributed by atoms with E-state index in [1.165, 1.54) is 6.20 Å². The van der Waals surface area contributed by atoms with Gasteiger partial charge in [0.05, 0.1) is 17.8 Å². The normalized spacial score (nSPS) is 11.0. The zero-order chi connectivity index (χ0) is 22.1. The molecule has 158 valence electrons. The van der Waals surface area contributed by atoms with Crippen LogP contribution in [0.15, 0.2) is 66.9 Å². The minimum absolute atomic E-state index is 0.338. The molecule has 0 saturated carbocycles. The first-order valence-corrected chi connectivity index (χ1v) is 10.3. The Labute approximate surface area is 192 Å². The van der Waals surface area contributed by atoms with Crippen molar-refractivity contribution in [1.82, 2.24) is 35.2 Å². The van der Waals surface area contributed by atoms with Gasteiger partial charge in [0.1, 0.15) is 17.2 Å². The van der Waals surface area contributed by atoms with E-state index in [4.69, 9.17) is 32.9 Å². The maximum Gasteiger partial charge on any atom is 0.238 e. The molecule has 2 aromatic carbocycles. The monoisotopic (exact) mass is 463 g/mol. The van der Waals surface area contributed by atoms with Gasteiger partial charge in [-0.05, 0) is 23.4 Å². The summed E-state index contributed by atoms with van der Waals surface area (Å²) in [5, 5.41) is 15.6. The van der Waals surface area contributed by atoms with Crippen molar-refractivity contribution >= 4 is 23.2 Å². The van der Waals surface area contributed by atoms with Crippen LogP contribution in [0.25, 0.3) is 39.9 Å². The fourth-order valence-electron chi connectivity index (χ4n) is 3.49. The van der Waals surface area contributed by atoms with Gasteiger partial charge < -0.3 is 4.74 Å². The van der Waals surface area contributed by atoms with Gasteiger partial charge in [0, 0.05) is 22.3 Å². The van der Waals surface area contributed by atoms with E-state index < -0.39 is 0 Å². The Morgan fingerprint density at radius 2 is 1.75 bits per heavy atom. The first-order chi connectivity index (χ1) is 15.7. The molecule has 0 unspecified atom stereocenters. The molecule has 8 nitrogen and oxygen atoms in total. The van der Waals surface area contributed by atoms with Crippen LogP contribution in [-0.2, 0) is 0 Å². The van der Waals surface area contributed by atoms with Crippen LogP contribution in [0.5, 0.6) is 5.88 Å². The summed E-state index contributed by atoms with van der Waals surface area (Å²) in [5.74, 6) is 1.35. The van der Waals surface area contributed by atoms with Crippen LogP contribution in [0, 0.1) is 0 Å². The predicted octanol–water partition coefficient (Wildman–Crippen LogP) is 5.10. The number of aromatic amines is 1. The van der Waals surface area contributed by atoms with Crippen molar-refractivity contribution in [2.24, 2.45) is 0 Å². The molecule has 3 aromatic heterocycles. The van der Waals surface area contributed by atoms with Crippen LogP contribution >= 0.6 is 23.2 Å². The maximum absolute atomic E-state index is 6.34. The average molecular weight is 464 g/mol. The summed E-state index contributed by atoms with van der Waals surface area (Å²) in [6.07, 6.45) is 1.53. The third kappa shape index (κ3) is 3.59. The minimum atomic E-state index is 0.338. The highest BCUT2D eigenvalue weighted by atomic mass is 35.5. The fraction of sp³-hybridized carbons (Fsp3) is 0.0455. The summed E-state index contributed by atoms with van der Waals surface area (Å²) < 4.78 is 7.49. The average Bonchev–Trinajstić information content (AvgIpc) is 3.47. The third-order valence-corrected chi connectivity index (χ3v) is 5.24. The smallest absolute Gasteiger partial charge is 0.238 e. The van der Waals surface area contributed by atoms with E-state index in [0.717, 1.165) is 11.1 Å². The second-order valence-corrected chi connectivity index (χ2v) is 7.63. The molecule has 0 spiro atoms. The number of halogens is 2. The molecule has 0 saturated heterocycles. The number of ether oxygens (including phenoxy) is 1. The molecule has 0 aliphatic carbocycles. The number of aromatic nitrogens is 7. The molecule has 5 aromatic rings. The van der Waals surface area contributed by atoms with Gasteiger partial charge in [0.25, 0.3) is 0 Å². The lowest BCUT2D eigenvalue weighted by atomic mass is 10.1. The van der Waals surface area contributed by atoms with Crippen LogP contribution in [0.4, 0.5) is 0 Å². The summed E-state index contributed by atoms with van der Waals surface area (Å²) in [6.45, 7) is 0. The number of imidazole rings is 1. The fourth-order valence-corrected chi connectivity index (χ4v) is 3.83. The third-order valence-electron chi connectivity index (χ3n) is 4.80. The Morgan fingerprint density at radius 3 is 2.47 bits per heavy atom. The van der Waals surface area contributed by atoms with E-state index in [-0.39, 0.29) is 0 Å². The van der Waals surface area contributed by atoms with Crippen molar-refractivity contribution in [1.29, 1.82) is 0 Å². The largest absolute Gasteiger partial charge is 0.479 e. The van der Waals surface area contributed by atoms with Crippen molar-refractivity contribution in [2.45, 2.75) is 0 Å². The Balaban J connectivity index is 1.93. The molecule has 0 atom stereocenters. The molecule has 0 fully saturated rings. The number of nitrogens with one attached hydrogen (secondary N) is 1. The van der Waals surface area contributed by atoms with E-state index in [1.54, 1.807) is 19.2 Å². The van der Waals surface area contributed by atoms with Crippen molar-refractivity contribution < 1.29 is 4.74 Å². The zero-order valence-electron chi connectivity index (χ0n) is 16.7. The van der Waals surface area contributed by atoms with Crippen LogP contribution < -0.4 is 4.74 Å². The summed E-state index contributed by atoms with van der Waals surface area (Å²) in [6, 6.07) is 19.0. The number of methoxy groups -OCH3 is 1. The maximum atomic E-state index is 6.34. The first kappa shape index (κ1) is 20.2. The number of H-pyrrole nitrogens is 1. The molecule has 0 radical (unpaired) electrons. The minimum Gasteiger partial charge on any atom is -0.479 e. The zero-order valence-corrected chi connectivity index (χ0v) is 18.2. The number of rotatable bonds is 5. The predicted molar refractivity (Wildman–Crippen MR) is 122 cm³/mol. The second kappa shape index (κ2) is 8.41. The van der Waals surface area contributed by atoms with Gasteiger partial charge in [-0.2, -0.15) is 5.21 Å². The van der Waals surface area contributed by atoms with Crippen LogP contribution in [0.1, 0.15) is 0 Å². The highest BCUT2D eigenvalue weighted by Crippen LogP contribution is 2.40. The molecule has 1 N–H and O–H groups in total. The number of tetrazole rings is 1. The van der Waals surface area contributed by atoms with E-state index in [0.29, 0.717) is 44.6 Å². The van der Waals surface area contributed by atoms with E-state index in [1.807, 2.05) is 53.1 Å². The van der Waals surface area contributed by atoms with E-state index in [2.05, 4.69) is 25.6 Å². The van der Waals surface area contributed by atoms with Gasteiger partial charge in [0.2, 0.25) is 11.7 Å². The molecule has 0 amide bonds. The lowest BCUT2D eigenvalue weighted by molar-refractivity contribution is 0.396. The first-order valence-electron chi connectivity index (χ1n) is 9.53. The Bertz CT molecular complexity index is 1390. The van der Waals surface area contributed by atoms with Crippen molar-refractivity contribution in [3.05, 3.63) is 76.9 Å². The van der Waals surface area contributed by atoms with Gasteiger partial charge in [-0.25, -0.2) is 9.97 Å². The van der Waals surface area contributed by atoms with Gasteiger partial charge in [-0.15, -0.1) is 10.2 Å². The molecule has 0 bridgehead atoms. The summed E-state index contributed by atoms with van der Waals surface area (Å²) in [4.78, 5) is 9.27. The molecular weight excluding hydrogens is 449 g/mol. The van der Waals surface area contributed by atoms with Crippen molar-refractivity contribution in [2.75, 3.05) is 7.11 Å². The summed E-state index contributed by atoms with van der Waals surface area (Å²) >= 11 is 12.7. The topological polar surface area (TPSA) is 94.4 Å². The van der Waals surface area contributed by atoms with Crippen LogP contribution in [0.3, 0.4) is 0 Å². The van der Waals surface area contributed by atoms with Gasteiger partial charge in [0.15, 0.2) is 0 Å². The highest BCUT2D eigenvalue weighted by Gasteiger charge is 2.26. The number of pyridine rings is 1. The molecular formula is C22H15Cl2N7O. The molecule has 5 rings (SSSR count). The molecule has 0 aliphatic rings. The molecule has 32 heavy (non-hydrogen) atoms. The lowest BCUT2D eigenvalue weighted by Gasteiger charge is -2.16. The number of nitrogens with zero attached hydrogens (tertiary/aromatic N) is 6. The quantitative estimate of drug-likeness (QED) is 0.389. The Hall–Kier alpha value is -3.75. The van der Waals surface area contributed by atoms with Crippen molar-refractivity contribution in [3.8, 4) is 45.7 Å². The SMILES string of the molecule is COc1ncc(Cl)cc1-n1c(-c2ccccc2)nc(-c2nn[nH]n2)c1-c1cccc(Cl)c1. The van der Waals surface area contributed by atoms with E-state index in [9.17, 15) is 0 Å². The Kier molecular flexibility index (Phi) is 5.30. The molecule has 0 aliphatic heterocycles. The summed E-state index contributed by atoms with van der Waals surface area (Å²) in [5.41, 5.74) is 3.48. The van der Waals surface area contributed by atoms with Gasteiger partial charge in [-0.1, -0.05) is 65.7 Å². The number of benzene rings is 2. The summed E-state index contributed by atoms with van der Waals surface area (Å²) in [7, 11) is 1.55. The van der Waals surface area contributed by atoms with Crippen LogP contribution in [-0.4, -0.2) is 42.3 Å². The highest BCUT2D eigenvalue weighted by molar-refractivity contribution is 6.31. The second-order valence-electron chi connectivity index (χ2n) is 6.76. The molecule has 3 heterocycles. The number of hydrogen-bond acceptors (Lipinski definition) is 6. The molecule has 10 heteroatoms. The van der Waals surface area contributed by atoms with Gasteiger partial charge >= 0.3 is 0 Å². The van der Waals surface area contributed by atoms with Crippen LogP contribution in [0.2, 0.25) is 10.0 Å². The lowest BCUT2D eigenvalue weighted by Crippen LogP contribution is -2.04. The Morgan fingerprint density at radius 1 is 0.938 bits per heavy atom. The number of hydrogen-bond donors (Lipinski definition) is 1. The van der Waals surface area contributed by atoms with Crippen molar-refractivity contribution in [3.63, 3.8) is 0 Å². The standard InChI is InChI=1S/C22H15Cl2N7O/c1-32-22-17(11-16(24)12-25-22)31-19(14-8-5-9-15(23)10-14)18(20-27-29-30-28-20)26-21(31)13-6-3-2-4-7-13/h2-12H,1H3,(H,27,28,29,30). The van der Waals surface area contributed by atoms with E-state index >= 15 is 0 Å². The van der Waals surface area contributed by atoms with Gasteiger partial charge in [-0.3, -0.25) is 4.57 Å².